The van der Waals surface area contributed by atoms with Crippen molar-refractivity contribution in [3.05, 3.63) is 48.0 Å². The van der Waals surface area contributed by atoms with Crippen molar-refractivity contribution in [2.45, 2.75) is 60.4 Å². The Morgan fingerprint density at radius 3 is 2.21 bits per heavy atom. The Morgan fingerprint density at radius 1 is 1.03 bits per heavy atom. The molecule has 34 heavy (non-hydrogen) atoms. The molecule has 0 aromatic heterocycles. The van der Waals surface area contributed by atoms with Crippen molar-refractivity contribution in [3.63, 3.8) is 0 Å². The van der Waals surface area contributed by atoms with Crippen molar-refractivity contribution in [2.24, 2.45) is 5.92 Å². The van der Waals surface area contributed by atoms with Crippen molar-refractivity contribution in [3.8, 4) is 0 Å². The van der Waals surface area contributed by atoms with Crippen molar-refractivity contribution >= 4 is 29.7 Å². The highest BCUT2D eigenvalue weighted by Crippen LogP contribution is 2.20. The quantitative estimate of drug-likeness (QED) is 0.398. The highest BCUT2D eigenvalue weighted by molar-refractivity contribution is 6.41. The van der Waals surface area contributed by atoms with Gasteiger partial charge in [0.2, 0.25) is 11.8 Å². The fraction of sp³-hybridized carbons (Fsp3) is 0.538. The summed E-state index contributed by atoms with van der Waals surface area (Å²) >= 11 is 0. The van der Waals surface area contributed by atoms with Gasteiger partial charge in [-0.25, -0.2) is 0 Å². The van der Waals surface area contributed by atoms with Gasteiger partial charge in [-0.2, -0.15) is 0 Å². The monoisotopic (exact) mass is 473 g/mol. The largest absolute Gasteiger partial charge is 0.472 e. The Labute approximate surface area is 206 Å². The van der Waals surface area contributed by atoms with Crippen LogP contribution >= 0.6 is 0 Å². The fourth-order valence-corrected chi connectivity index (χ4v) is 3.16. The number of nitrogens with zero attached hydrogens (tertiary/aromatic N) is 1. The SMILES string of the molecule is CC.CC(C)C.CCCN(C)CC(=O)N[C@@H](Cc1cccc2ccccc12)C(=O)NCB(O)O. The van der Waals surface area contributed by atoms with E-state index in [2.05, 4.69) is 31.4 Å². The number of carbonyl (C=O) groups excluding carboxylic acids is 2. The molecule has 0 radical (unpaired) electrons. The van der Waals surface area contributed by atoms with E-state index in [1.807, 2.05) is 75.2 Å². The number of benzene rings is 2. The smallest absolute Gasteiger partial charge is 0.426 e. The minimum Gasteiger partial charge on any atom is -0.426 e. The van der Waals surface area contributed by atoms with Crippen LogP contribution < -0.4 is 10.6 Å². The van der Waals surface area contributed by atoms with E-state index in [0.29, 0.717) is 6.42 Å². The predicted molar refractivity (Wildman–Crippen MR) is 142 cm³/mol. The second-order valence-corrected chi connectivity index (χ2v) is 8.66. The van der Waals surface area contributed by atoms with E-state index in [9.17, 15) is 9.59 Å². The van der Waals surface area contributed by atoms with Gasteiger partial charge in [-0.3, -0.25) is 14.5 Å². The van der Waals surface area contributed by atoms with Gasteiger partial charge in [0.25, 0.3) is 0 Å². The molecular formula is C26H44BN3O4. The van der Waals surface area contributed by atoms with Crippen LogP contribution in [0.4, 0.5) is 0 Å². The van der Waals surface area contributed by atoms with Crippen molar-refractivity contribution < 1.29 is 19.6 Å². The maximum absolute atomic E-state index is 12.6. The summed E-state index contributed by atoms with van der Waals surface area (Å²) in [6.45, 7) is 13.5. The molecule has 2 aromatic rings. The number of rotatable bonds is 10. The zero-order valence-corrected chi connectivity index (χ0v) is 22.0. The minimum absolute atomic E-state index is 0.190. The molecule has 1 atom stereocenters. The lowest BCUT2D eigenvalue weighted by atomic mass is 9.92. The van der Waals surface area contributed by atoms with Crippen molar-refractivity contribution in [1.29, 1.82) is 0 Å². The van der Waals surface area contributed by atoms with Crippen LogP contribution in [-0.2, 0) is 16.0 Å². The molecule has 0 fully saturated rings. The molecule has 2 amide bonds. The molecule has 0 heterocycles. The van der Waals surface area contributed by atoms with Gasteiger partial charge in [0, 0.05) is 6.42 Å². The van der Waals surface area contributed by atoms with Gasteiger partial charge in [0.05, 0.1) is 13.0 Å². The highest BCUT2D eigenvalue weighted by Gasteiger charge is 2.23. The van der Waals surface area contributed by atoms with Gasteiger partial charge in [-0.05, 0) is 42.3 Å². The van der Waals surface area contributed by atoms with Gasteiger partial charge < -0.3 is 20.7 Å². The molecule has 0 bridgehead atoms. The van der Waals surface area contributed by atoms with Gasteiger partial charge in [0.1, 0.15) is 6.04 Å². The first-order valence-electron chi connectivity index (χ1n) is 12.2. The van der Waals surface area contributed by atoms with Crippen LogP contribution in [0.2, 0.25) is 0 Å². The molecule has 0 unspecified atom stereocenters. The number of likely N-dealkylation sites (N-methyl/N-ethyl adjacent to an activating group) is 1. The zero-order valence-electron chi connectivity index (χ0n) is 22.0. The second kappa shape index (κ2) is 18.0. The van der Waals surface area contributed by atoms with Crippen LogP contribution in [0.1, 0.15) is 53.5 Å². The first-order chi connectivity index (χ1) is 16.1. The summed E-state index contributed by atoms with van der Waals surface area (Å²) in [6.07, 6.45) is 0.937. The lowest BCUT2D eigenvalue weighted by molar-refractivity contribution is -0.129. The number of carbonyl (C=O) groups is 2. The van der Waals surface area contributed by atoms with Crippen molar-refractivity contribution in [2.75, 3.05) is 26.6 Å². The summed E-state index contributed by atoms with van der Waals surface area (Å²) in [5.41, 5.74) is 0.935. The molecule has 0 saturated carbocycles. The van der Waals surface area contributed by atoms with E-state index in [1.165, 1.54) is 0 Å². The van der Waals surface area contributed by atoms with E-state index in [0.717, 1.165) is 35.2 Å². The Bertz CT molecular complexity index is 838. The van der Waals surface area contributed by atoms with Crippen LogP contribution in [-0.4, -0.2) is 66.5 Å². The lowest BCUT2D eigenvalue weighted by Crippen LogP contribution is -2.51. The zero-order chi connectivity index (χ0) is 26.1. The van der Waals surface area contributed by atoms with E-state index in [-0.39, 0.29) is 18.9 Å². The number of fused-ring (bicyclic) bond motifs is 1. The number of nitrogens with one attached hydrogen (secondary N) is 2. The Balaban J connectivity index is 0.00000164. The lowest BCUT2D eigenvalue weighted by Gasteiger charge is -2.21. The number of hydrogen-bond acceptors (Lipinski definition) is 5. The van der Waals surface area contributed by atoms with Gasteiger partial charge in [-0.1, -0.05) is 84.0 Å². The van der Waals surface area contributed by atoms with Crippen LogP contribution in [0.5, 0.6) is 0 Å². The molecule has 0 aliphatic heterocycles. The molecule has 8 heteroatoms. The Kier molecular flexibility index (Phi) is 16.7. The van der Waals surface area contributed by atoms with Crippen LogP contribution in [0, 0.1) is 5.92 Å². The molecule has 2 rings (SSSR count). The topological polar surface area (TPSA) is 102 Å². The summed E-state index contributed by atoms with van der Waals surface area (Å²) in [5.74, 6) is 0.133. The molecule has 2 aromatic carbocycles. The van der Waals surface area contributed by atoms with Crippen molar-refractivity contribution in [1.82, 2.24) is 15.5 Å². The second-order valence-electron chi connectivity index (χ2n) is 8.66. The van der Waals surface area contributed by atoms with Gasteiger partial charge >= 0.3 is 7.12 Å². The summed E-state index contributed by atoms with van der Waals surface area (Å²) in [7, 11) is 0.207. The Hall–Kier alpha value is -2.42. The van der Waals surface area contributed by atoms with Crippen LogP contribution in [0.25, 0.3) is 10.8 Å². The average molecular weight is 473 g/mol. The summed E-state index contributed by atoms with van der Waals surface area (Å²) in [6, 6.07) is 12.9. The summed E-state index contributed by atoms with van der Waals surface area (Å²) in [4.78, 5) is 26.9. The number of amides is 2. The summed E-state index contributed by atoms with van der Waals surface area (Å²) < 4.78 is 0. The maximum atomic E-state index is 12.6. The van der Waals surface area contributed by atoms with Gasteiger partial charge in [0.15, 0.2) is 0 Å². The first-order valence-corrected chi connectivity index (χ1v) is 12.2. The minimum atomic E-state index is -1.64. The average Bonchev–Trinajstić information content (AvgIpc) is 2.78. The molecule has 0 saturated heterocycles. The molecule has 0 aliphatic rings. The van der Waals surface area contributed by atoms with E-state index in [4.69, 9.17) is 10.0 Å². The molecule has 0 spiro atoms. The van der Waals surface area contributed by atoms with Gasteiger partial charge in [-0.15, -0.1) is 0 Å². The third kappa shape index (κ3) is 13.3. The highest BCUT2D eigenvalue weighted by atomic mass is 16.4. The normalized spacial score (nSPS) is 11.1. The van der Waals surface area contributed by atoms with E-state index in [1.54, 1.807) is 0 Å². The Morgan fingerprint density at radius 2 is 1.62 bits per heavy atom. The third-order valence-electron chi connectivity index (χ3n) is 4.43. The first kappa shape index (κ1) is 31.6. The van der Waals surface area contributed by atoms with E-state index >= 15 is 0 Å². The molecule has 0 aliphatic carbocycles. The molecule has 190 valence electrons. The molecule has 7 nitrogen and oxygen atoms in total. The maximum Gasteiger partial charge on any atom is 0.472 e. The third-order valence-corrected chi connectivity index (χ3v) is 4.43. The van der Waals surface area contributed by atoms with E-state index < -0.39 is 19.1 Å². The predicted octanol–water partition coefficient (Wildman–Crippen LogP) is 3.03. The molecular weight excluding hydrogens is 429 g/mol. The summed E-state index contributed by atoms with van der Waals surface area (Å²) in [5, 5.41) is 25.4. The van der Waals surface area contributed by atoms with Crippen LogP contribution in [0.15, 0.2) is 42.5 Å². The fourth-order valence-electron chi connectivity index (χ4n) is 3.16. The van der Waals surface area contributed by atoms with Crippen LogP contribution in [0.3, 0.4) is 0 Å². The standard InChI is InChI=1S/C20H28BN3O4.C4H10.C2H6/c1-3-11-24(2)13-19(25)23-18(20(26)22-14-21(27)28)12-16-9-6-8-15-7-4-5-10-17(15)16;1-4(2)3;1-2/h4-10,18,27-28H,3,11-14H2,1-2H3,(H,22,26)(H,23,25);4H,1-3H3;1-2H3/t18-;;/m0../s1. The molecule has 4 N–H and O–H groups in total. The number of hydrogen-bond donors (Lipinski definition) is 4.